The van der Waals surface area contributed by atoms with E-state index in [1.165, 1.54) is 12.1 Å². The van der Waals surface area contributed by atoms with E-state index in [0.29, 0.717) is 6.04 Å². The zero-order valence-corrected chi connectivity index (χ0v) is 10.7. The summed E-state index contributed by atoms with van der Waals surface area (Å²) in [5, 5.41) is 6.40. The van der Waals surface area contributed by atoms with E-state index in [0.717, 1.165) is 10.6 Å². The lowest BCUT2D eigenvalue weighted by Gasteiger charge is -2.19. The third kappa shape index (κ3) is 3.11. The van der Waals surface area contributed by atoms with Crippen molar-refractivity contribution in [3.8, 4) is 0 Å². The summed E-state index contributed by atoms with van der Waals surface area (Å²) in [7, 11) is 0. The molecule has 4 heteroatoms. The van der Waals surface area contributed by atoms with Crippen LogP contribution in [-0.4, -0.2) is 11.0 Å². The Balaban J connectivity index is 2.30. The molecule has 1 aromatic carbocycles. The fraction of sp³-hybridized carbons (Fsp3) is 0.308. The molecule has 0 radical (unpaired) electrons. The standard InChI is InChI=1S/C13H15FN2S/c1-9(2)16-12(13-15-7-8-17-13)10-3-5-11(14)6-4-10/h3-9,12,16H,1-2H3. The van der Waals surface area contributed by atoms with Gasteiger partial charge in [-0.1, -0.05) is 12.1 Å². The lowest BCUT2D eigenvalue weighted by molar-refractivity contribution is 0.526. The second-order valence-corrected chi connectivity index (χ2v) is 5.10. The summed E-state index contributed by atoms with van der Waals surface area (Å²) in [6.07, 6.45) is 1.79. The first-order chi connectivity index (χ1) is 8.16. The fourth-order valence-corrected chi connectivity index (χ4v) is 2.40. The molecule has 1 N–H and O–H groups in total. The van der Waals surface area contributed by atoms with E-state index in [1.807, 2.05) is 5.38 Å². The first-order valence-corrected chi connectivity index (χ1v) is 6.45. The molecule has 0 saturated heterocycles. The quantitative estimate of drug-likeness (QED) is 0.900. The smallest absolute Gasteiger partial charge is 0.123 e. The molecule has 0 spiro atoms. The van der Waals surface area contributed by atoms with Crippen molar-refractivity contribution in [2.24, 2.45) is 0 Å². The SMILES string of the molecule is CC(C)NC(c1ccc(F)cc1)c1nccs1. The van der Waals surface area contributed by atoms with E-state index < -0.39 is 0 Å². The lowest BCUT2D eigenvalue weighted by atomic mass is 10.1. The second kappa shape index (κ2) is 5.38. The van der Waals surface area contributed by atoms with Gasteiger partial charge >= 0.3 is 0 Å². The highest BCUT2D eigenvalue weighted by molar-refractivity contribution is 7.09. The molecule has 1 heterocycles. The van der Waals surface area contributed by atoms with Gasteiger partial charge in [-0.3, -0.25) is 0 Å². The molecule has 1 aromatic heterocycles. The summed E-state index contributed by atoms with van der Waals surface area (Å²) in [5.74, 6) is -0.212. The Bertz CT molecular complexity index is 451. The average molecular weight is 250 g/mol. The first kappa shape index (κ1) is 12.2. The molecule has 0 bridgehead atoms. The first-order valence-electron chi connectivity index (χ1n) is 5.57. The van der Waals surface area contributed by atoms with Gasteiger partial charge in [-0.2, -0.15) is 0 Å². The van der Waals surface area contributed by atoms with Crippen molar-refractivity contribution >= 4 is 11.3 Å². The minimum absolute atomic E-state index is 0.0376. The molecule has 1 unspecified atom stereocenters. The van der Waals surface area contributed by atoms with Crippen LogP contribution in [0.25, 0.3) is 0 Å². The van der Waals surface area contributed by atoms with E-state index in [1.54, 1.807) is 29.7 Å². The Hall–Kier alpha value is -1.26. The van der Waals surface area contributed by atoms with Crippen LogP contribution in [0.15, 0.2) is 35.8 Å². The molecule has 90 valence electrons. The van der Waals surface area contributed by atoms with Crippen molar-refractivity contribution in [2.45, 2.75) is 25.9 Å². The third-order valence-corrected chi connectivity index (χ3v) is 3.24. The van der Waals surface area contributed by atoms with Crippen LogP contribution in [0.1, 0.15) is 30.5 Å². The van der Waals surface area contributed by atoms with Crippen molar-refractivity contribution in [3.05, 3.63) is 52.2 Å². The second-order valence-electron chi connectivity index (χ2n) is 4.18. The summed E-state index contributed by atoms with van der Waals surface area (Å²) in [4.78, 5) is 4.33. The molecule has 0 amide bonds. The molecular formula is C13H15FN2S. The Morgan fingerprint density at radius 1 is 1.24 bits per heavy atom. The highest BCUT2D eigenvalue weighted by Crippen LogP contribution is 2.24. The van der Waals surface area contributed by atoms with E-state index in [4.69, 9.17) is 0 Å². The van der Waals surface area contributed by atoms with E-state index >= 15 is 0 Å². The van der Waals surface area contributed by atoms with Gasteiger partial charge < -0.3 is 5.32 Å². The number of hydrogen-bond acceptors (Lipinski definition) is 3. The van der Waals surface area contributed by atoms with Gasteiger partial charge in [-0.05, 0) is 31.5 Å². The maximum absolute atomic E-state index is 12.9. The monoisotopic (exact) mass is 250 g/mol. The molecule has 1 atom stereocenters. The van der Waals surface area contributed by atoms with Gasteiger partial charge in [-0.25, -0.2) is 9.37 Å². The van der Waals surface area contributed by atoms with Gasteiger partial charge in [0.05, 0.1) is 6.04 Å². The largest absolute Gasteiger partial charge is 0.302 e. The van der Waals surface area contributed by atoms with E-state index in [9.17, 15) is 4.39 Å². The molecule has 2 rings (SSSR count). The Labute approximate surface area is 105 Å². The zero-order valence-electron chi connectivity index (χ0n) is 9.85. The minimum atomic E-state index is -0.212. The number of aromatic nitrogens is 1. The maximum Gasteiger partial charge on any atom is 0.123 e. The molecule has 2 aromatic rings. The summed E-state index contributed by atoms with van der Waals surface area (Å²) in [6.45, 7) is 4.17. The molecule has 0 aliphatic carbocycles. The fourth-order valence-electron chi connectivity index (χ4n) is 1.68. The number of benzene rings is 1. The Morgan fingerprint density at radius 3 is 2.47 bits per heavy atom. The van der Waals surface area contributed by atoms with Crippen LogP contribution in [0.5, 0.6) is 0 Å². The van der Waals surface area contributed by atoms with Crippen LogP contribution >= 0.6 is 11.3 Å². The van der Waals surface area contributed by atoms with Gasteiger partial charge in [0.1, 0.15) is 10.8 Å². The van der Waals surface area contributed by atoms with Gasteiger partial charge in [0.15, 0.2) is 0 Å². The normalized spacial score (nSPS) is 12.9. The molecule has 2 nitrogen and oxygen atoms in total. The van der Waals surface area contributed by atoms with Crippen molar-refractivity contribution in [1.82, 2.24) is 10.3 Å². The van der Waals surface area contributed by atoms with Gasteiger partial charge in [0, 0.05) is 17.6 Å². The van der Waals surface area contributed by atoms with Crippen LogP contribution < -0.4 is 5.32 Å². The van der Waals surface area contributed by atoms with Gasteiger partial charge in [0.2, 0.25) is 0 Å². The average Bonchev–Trinajstić information content (AvgIpc) is 2.80. The molecule has 0 aliphatic rings. The Kier molecular flexibility index (Phi) is 3.86. The number of thiazole rings is 1. The summed E-state index contributed by atoms with van der Waals surface area (Å²) >= 11 is 1.60. The van der Waals surface area contributed by atoms with Gasteiger partial charge in [-0.15, -0.1) is 11.3 Å². The molecular weight excluding hydrogens is 235 g/mol. The van der Waals surface area contributed by atoms with Crippen LogP contribution in [0, 0.1) is 5.82 Å². The van der Waals surface area contributed by atoms with Crippen molar-refractivity contribution in [2.75, 3.05) is 0 Å². The number of halogens is 1. The summed E-state index contributed by atoms with van der Waals surface area (Å²) in [6, 6.07) is 6.95. The third-order valence-electron chi connectivity index (χ3n) is 2.40. The number of nitrogens with zero attached hydrogens (tertiary/aromatic N) is 1. The lowest BCUT2D eigenvalue weighted by Crippen LogP contribution is -2.28. The molecule has 0 saturated carbocycles. The minimum Gasteiger partial charge on any atom is -0.302 e. The maximum atomic E-state index is 12.9. The van der Waals surface area contributed by atoms with Crippen LogP contribution in [0.4, 0.5) is 4.39 Å². The van der Waals surface area contributed by atoms with Gasteiger partial charge in [0.25, 0.3) is 0 Å². The highest BCUT2D eigenvalue weighted by Gasteiger charge is 2.17. The van der Waals surface area contributed by atoms with Crippen molar-refractivity contribution < 1.29 is 4.39 Å². The summed E-state index contributed by atoms with van der Waals surface area (Å²) in [5.41, 5.74) is 1.04. The summed E-state index contributed by atoms with van der Waals surface area (Å²) < 4.78 is 12.9. The molecule has 17 heavy (non-hydrogen) atoms. The highest BCUT2D eigenvalue weighted by atomic mass is 32.1. The molecule has 0 aliphatic heterocycles. The number of hydrogen-bond donors (Lipinski definition) is 1. The zero-order chi connectivity index (χ0) is 12.3. The molecule has 0 fully saturated rings. The predicted octanol–water partition coefficient (Wildman–Crippen LogP) is 3.37. The van der Waals surface area contributed by atoms with Crippen LogP contribution in [-0.2, 0) is 0 Å². The Morgan fingerprint density at radius 2 is 1.94 bits per heavy atom. The number of rotatable bonds is 4. The predicted molar refractivity (Wildman–Crippen MR) is 68.6 cm³/mol. The topological polar surface area (TPSA) is 24.9 Å². The van der Waals surface area contributed by atoms with Crippen molar-refractivity contribution in [3.63, 3.8) is 0 Å². The van der Waals surface area contributed by atoms with Crippen LogP contribution in [0.3, 0.4) is 0 Å². The van der Waals surface area contributed by atoms with Crippen molar-refractivity contribution in [1.29, 1.82) is 0 Å². The van der Waals surface area contributed by atoms with E-state index in [-0.39, 0.29) is 11.9 Å². The van der Waals surface area contributed by atoms with Crippen LogP contribution in [0.2, 0.25) is 0 Å². The number of nitrogens with one attached hydrogen (secondary N) is 1. The van der Waals surface area contributed by atoms with E-state index in [2.05, 4.69) is 24.1 Å².